The van der Waals surface area contributed by atoms with Crippen molar-refractivity contribution >= 4 is 15.9 Å². The molecule has 0 aromatic heterocycles. The molecule has 0 saturated carbocycles. The number of rotatable bonds is 5. The van der Waals surface area contributed by atoms with Gasteiger partial charge in [-0.1, -0.05) is 28.1 Å². The van der Waals surface area contributed by atoms with Gasteiger partial charge >= 0.3 is 0 Å². The van der Waals surface area contributed by atoms with Crippen molar-refractivity contribution in [1.29, 1.82) is 0 Å². The molecule has 21 heavy (non-hydrogen) atoms. The third-order valence-electron chi connectivity index (χ3n) is 3.18. The van der Waals surface area contributed by atoms with E-state index in [-0.39, 0.29) is 11.9 Å². The molecule has 4 nitrogen and oxygen atoms in total. The smallest absolute Gasteiger partial charge is 0.161 e. The van der Waals surface area contributed by atoms with Crippen LogP contribution in [-0.2, 0) is 0 Å². The molecule has 0 radical (unpaired) electrons. The van der Waals surface area contributed by atoms with Crippen molar-refractivity contribution in [1.82, 2.24) is 5.43 Å². The van der Waals surface area contributed by atoms with Gasteiger partial charge in [-0.05, 0) is 35.4 Å². The molecular weight excluding hydrogens is 339 g/mol. The summed E-state index contributed by atoms with van der Waals surface area (Å²) in [6, 6.07) is 9.68. The van der Waals surface area contributed by atoms with E-state index in [0.29, 0.717) is 16.0 Å². The van der Waals surface area contributed by atoms with E-state index in [0.717, 1.165) is 11.1 Å². The molecule has 0 bridgehead atoms. The molecule has 0 spiro atoms. The molecule has 2 aromatic carbocycles. The summed E-state index contributed by atoms with van der Waals surface area (Å²) in [6.45, 7) is 0. The molecule has 0 amide bonds. The summed E-state index contributed by atoms with van der Waals surface area (Å²) in [4.78, 5) is 0. The molecule has 0 aliphatic rings. The topological polar surface area (TPSA) is 56.5 Å². The monoisotopic (exact) mass is 354 g/mol. The van der Waals surface area contributed by atoms with Gasteiger partial charge in [0.1, 0.15) is 5.82 Å². The van der Waals surface area contributed by atoms with E-state index in [1.165, 1.54) is 12.1 Å². The minimum atomic E-state index is -0.311. The zero-order valence-electron chi connectivity index (χ0n) is 11.7. The molecule has 2 rings (SSSR count). The standard InChI is InChI=1S/C15H16BrFN2O2/c1-20-13-6-3-9(7-14(13)21-2)15(19-18)11-5-4-10(17)8-12(11)16/h3-8,15,19H,18H2,1-2H3. The summed E-state index contributed by atoms with van der Waals surface area (Å²) in [6.07, 6.45) is 0. The van der Waals surface area contributed by atoms with Crippen LogP contribution in [0.5, 0.6) is 11.5 Å². The maximum Gasteiger partial charge on any atom is 0.161 e. The van der Waals surface area contributed by atoms with Gasteiger partial charge in [0.05, 0.1) is 20.3 Å². The number of nitrogens with two attached hydrogens (primary N) is 1. The maximum atomic E-state index is 13.2. The lowest BCUT2D eigenvalue weighted by atomic mass is 9.99. The largest absolute Gasteiger partial charge is 0.493 e. The Morgan fingerprint density at radius 2 is 1.81 bits per heavy atom. The van der Waals surface area contributed by atoms with E-state index in [4.69, 9.17) is 15.3 Å². The Morgan fingerprint density at radius 1 is 1.10 bits per heavy atom. The fourth-order valence-corrected chi connectivity index (χ4v) is 2.71. The molecule has 0 fully saturated rings. The third kappa shape index (κ3) is 3.34. The van der Waals surface area contributed by atoms with E-state index in [1.54, 1.807) is 26.4 Å². The van der Waals surface area contributed by atoms with Crippen LogP contribution in [0.3, 0.4) is 0 Å². The molecule has 0 aliphatic carbocycles. The van der Waals surface area contributed by atoms with Crippen molar-refractivity contribution in [3.05, 3.63) is 57.8 Å². The van der Waals surface area contributed by atoms with Crippen LogP contribution < -0.4 is 20.7 Å². The first-order chi connectivity index (χ1) is 10.1. The minimum absolute atomic E-state index is 0.306. The van der Waals surface area contributed by atoms with Crippen molar-refractivity contribution in [3.63, 3.8) is 0 Å². The van der Waals surface area contributed by atoms with Gasteiger partial charge in [0.15, 0.2) is 11.5 Å². The number of ether oxygens (including phenoxy) is 2. The zero-order valence-corrected chi connectivity index (χ0v) is 13.3. The summed E-state index contributed by atoms with van der Waals surface area (Å²) in [5.74, 6) is 6.60. The van der Waals surface area contributed by atoms with Gasteiger partial charge in [-0.15, -0.1) is 0 Å². The fraction of sp³-hybridized carbons (Fsp3) is 0.200. The summed E-state index contributed by atoms with van der Waals surface area (Å²) in [5, 5.41) is 0. The quantitative estimate of drug-likeness (QED) is 0.639. The maximum absolute atomic E-state index is 13.2. The van der Waals surface area contributed by atoms with Crippen LogP contribution in [0, 0.1) is 5.82 Å². The first-order valence-electron chi connectivity index (χ1n) is 6.23. The Kier molecular flexibility index (Phi) is 5.17. The summed E-state index contributed by atoms with van der Waals surface area (Å²) >= 11 is 3.36. The molecule has 2 aromatic rings. The second-order valence-corrected chi connectivity index (χ2v) is 5.23. The molecule has 0 saturated heterocycles. The van der Waals surface area contributed by atoms with Gasteiger partial charge in [0.25, 0.3) is 0 Å². The van der Waals surface area contributed by atoms with Crippen LogP contribution in [0.2, 0.25) is 0 Å². The number of hydrogen-bond acceptors (Lipinski definition) is 4. The molecule has 0 aliphatic heterocycles. The van der Waals surface area contributed by atoms with Crippen LogP contribution >= 0.6 is 15.9 Å². The van der Waals surface area contributed by atoms with Gasteiger partial charge < -0.3 is 9.47 Å². The summed E-state index contributed by atoms with van der Waals surface area (Å²) < 4.78 is 24.4. The van der Waals surface area contributed by atoms with Crippen molar-refractivity contribution in [2.45, 2.75) is 6.04 Å². The molecule has 3 N–H and O–H groups in total. The summed E-state index contributed by atoms with van der Waals surface area (Å²) in [5.41, 5.74) is 4.44. The van der Waals surface area contributed by atoms with Crippen molar-refractivity contribution in [2.24, 2.45) is 5.84 Å². The molecule has 1 atom stereocenters. The highest BCUT2D eigenvalue weighted by molar-refractivity contribution is 9.10. The van der Waals surface area contributed by atoms with E-state index in [1.807, 2.05) is 12.1 Å². The average Bonchev–Trinajstić information content (AvgIpc) is 2.49. The predicted molar refractivity (Wildman–Crippen MR) is 82.8 cm³/mol. The Labute approximate surface area is 131 Å². The van der Waals surface area contributed by atoms with E-state index in [9.17, 15) is 4.39 Å². The Balaban J connectivity index is 2.46. The molecule has 6 heteroatoms. The molecule has 1 unspecified atom stereocenters. The van der Waals surface area contributed by atoms with Crippen molar-refractivity contribution in [2.75, 3.05) is 14.2 Å². The predicted octanol–water partition coefficient (Wildman–Crippen LogP) is 3.16. The summed E-state index contributed by atoms with van der Waals surface area (Å²) in [7, 11) is 3.15. The highest BCUT2D eigenvalue weighted by atomic mass is 79.9. The number of nitrogens with one attached hydrogen (secondary N) is 1. The normalized spacial score (nSPS) is 12.0. The van der Waals surface area contributed by atoms with Gasteiger partial charge in [-0.3, -0.25) is 5.84 Å². The van der Waals surface area contributed by atoms with Crippen molar-refractivity contribution in [3.8, 4) is 11.5 Å². The van der Waals surface area contributed by atoms with Crippen LogP contribution in [0.4, 0.5) is 4.39 Å². The molecule has 0 heterocycles. The van der Waals surface area contributed by atoms with Gasteiger partial charge in [-0.2, -0.15) is 0 Å². The highest BCUT2D eigenvalue weighted by Gasteiger charge is 2.18. The number of halogens is 2. The van der Waals surface area contributed by atoms with Crippen LogP contribution in [0.25, 0.3) is 0 Å². The lowest BCUT2D eigenvalue weighted by Crippen LogP contribution is -2.29. The van der Waals surface area contributed by atoms with Crippen LogP contribution in [-0.4, -0.2) is 14.2 Å². The first-order valence-corrected chi connectivity index (χ1v) is 7.03. The Bertz CT molecular complexity index is 637. The SMILES string of the molecule is COc1ccc(C(NN)c2ccc(F)cc2Br)cc1OC. The fourth-order valence-electron chi connectivity index (χ4n) is 2.13. The lowest BCUT2D eigenvalue weighted by molar-refractivity contribution is 0.354. The van der Waals surface area contributed by atoms with Crippen LogP contribution in [0.1, 0.15) is 17.2 Å². The first kappa shape index (κ1) is 15.8. The van der Waals surface area contributed by atoms with Crippen LogP contribution in [0.15, 0.2) is 40.9 Å². The molecular formula is C15H16BrFN2O2. The average molecular weight is 355 g/mol. The molecule has 112 valence electrons. The van der Waals surface area contributed by atoms with Gasteiger partial charge in [0, 0.05) is 4.47 Å². The van der Waals surface area contributed by atoms with Gasteiger partial charge in [-0.25, -0.2) is 9.82 Å². The van der Waals surface area contributed by atoms with Gasteiger partial charge in [0.2, 0.25) is 0 Å². The number of hydrogen-bond donors (Lipinski definition) is 2. The Morgan fingerprint density at radius 3 is 2.38 bits per heavy atom. The van der Waals surface area contributed by atoms with Crippen molar-refractivity contribution < 1.29 is 13.9 Å². The zero-order chi connectivity index (χ0) is 15.4. The Hall–Kier alpha value is -1.63. The number of hydrazine groups is 1. The number of benzene rings is 2. The second kappa shape index (κ2) is 6.89. The highest BCUT2D eigenvalue weighted by Crippen LogP contribution is 2.34. The number of methoxy groups -OCH3 is 2. The second-order valence-electron chi connectivity index (χ2n) is 4.38. The minimum Gasteiger partial charge on any atom is -0.493 e. The third-order valence-corrected chi connectivity index (χ3v) is 3.87. The van der Waals surface area contributed by atoms with E-state index >= 15 is 0 Å². The van der Waals surface area contributed by atoms with E-state index < -0.39 is 0 Å². The lowest BCUT2D eigenvalue weighted by Gasteiger charge is -2.20. The van der Waals surface area contributed by atoms with E-state index in [2.05, 4.69) is 21.4 Å².